The molecule has 2 bridgehead atoms. The number of fused-ring (bicyclic) bond motifs is 2. The number of rotatable bonds is 4. The fraction of sp³-hybridized carbons (Fsp3) is 0.391. The molecule has 5 nitrogen and oxygen atoms in total. The second kappa shape index (κ2) is 8.20. The first-order valence-electron chi connectivity index (χ1n) is 10.4. The summed E-state index contributed by atoms with van der Waals surface area (Å²) in [5.41, 5.74) is 5.08. The Labute approximate surface area is 182 Å². The predicted molar refractivity (Wildman–Crippen MR) is 110 cm³/mol. The van der Waals surface area contributed by atoms with Gasteiger partial charge in [0.2, 0.25) is 0 Å². The lowest BCUT2D eigenvalue weighted by atomic mass is 9.95. The van der Waals surface area contributed by atoms with Gasteiger partial charge >= 0.3 is 5.92 Å². The van der Waals surface area contributed by atoms with Crippen molar-refractivity contribution in [3.8, 4) is 0 Å². The minimum Gasteiger partial charge on any atom is -0.331 e. The van der Waals surface area contributed by atoms with Crippen molar-refractivity contribution in [3.63, 3.8) is 0 Å². The van der Waals surface area contributed by atoms with Gasteiger partial charge in [0.05, 0.1) is 5.56 Å². The molecule has 2 aliphatic heterocycles. The lowest BCUT2D eigenvalue weighted by Crippen LogP contribution is -2.54. The minimum absolute atomic E-state index is 0.149. The van der Waals surface area contributed by atoms with Crippen LogP contribution in [-0.4, -0.2) is 34.8 Å². The molecule has 0 aromatic heterocycles. The topological polar surface area (TPSA) is 75.4 Å². The quantitative estimate of drug-likeness (QED) is 0.691. The molecule has 0 radical (unpaired) electrons. The summed E-state index contributed by atoms with van der Waals surface area (Å²) >= 11 is 0. The molecule has 4 rings (SSSR count). The van der Waals surface area contributed by atoms with Gasteiger partial charge in [0, 0.05) is 29.4 Å². The van der Waals surface area contributed by atoms with E-state index >= 15 is 8.78 Å². The molecule has 2 amide bonds. The lowest BCUT2D eigenvalue weighted by molar-refractivity contribution is -0.164. The largest absolute Gasteiger partial charge is 0.352 e. The van der Waals surface area contributed by atoms with Crippen molar-refractivity contribution in [1.29, 1.82) is 0 Å². The van der Waals surface area contributed by atoms with Gasteiger partial charge < -0.3 is 16.0 Å². The Bertz CT molecular complexity index is 1060. The van der Waals surface area contributed by atoms with Crippen LogP contribution in [0.25, 0.3) is 0 Å². The predicted octanol–water partition coefficient (Wildman–Crippen LogP) is 4.10. The van der Waals surface area contributed by atoms with Crippen LogP contribution >= 0.6 is 0 Å². The molecule has 32 heavy (non-hydrogen) atoms. The van der Waals surface area contributed by atoms with Gasteiger partial charge in [-0.1, -0.05) is 0 Å². The van der Waals surface area contributed by atoms with Crippen molar-refractivity contribution < 1.29 is 27.2 Å². The number of nitrogens with one attached hydrogen (secondary N) is 1. The molecule has 0 saturated carbocycles. The van der Waals surface area contributed by atoms with Crippen molar-refractivity contribution in [3.05, 3.63) is 64.7 Å². The van der Waals surface area contributed by atoms with E-state index in [9.17, 15) is 18.4 Å². The van der Waals surface area contributed by atoms with Crippen molar-refractivity contribution in [1.82, 2.24) is 4.90 Å². The summed E-state index contributed by atoms with van der Waals surface area (Å²) in [6, 6.07) is 5.41. The normalized spacial score (nSPS) is 22.7. The standard InChI is InChI=1S/C23H23F4N3O2/c1-12-8-15(3-7-19(12)24)29-21(31)13-2-6-20(25)18(9-13)23(26,27)22(32)30-16-4-5-17(30)11-14(28)10-16/h2-3,6-9,14,16-17H,4-5,10-11,28H2,1H3,(H,29,31)/t14-,16+,17-. The zero-order valence-electron chi connectivity index (χ0n) is 17.4. The number of aryl methyl sites for hydroxylation is 1. The molecule has 0 aliphatic carbocycles. The number of anilines is 1. The summed E-state index contributed by atoms with van der Waals surface area (Å²) < 4.78 is 58.2. The van der Waals surface area contributed by atoms with E-state index in [2.05, 4.69) is 5.32 Å². The molecular formula is C23H23F4N3O2. The summed E-state index contributed by atoms with van der Waals surface area (Å²) in [6.07, 6.45) is 2.03. The molecule has 2 saturated heterocycles. The second-order valence-corrected chi connectivity index (χ2v) is 8.52. The molecule has 2 aromatic carbocycles. The van der Waals surface area contributed by atoms with Crippen LogP contribution in [0.3, 0.4) is 0 Å². The average Bonchev–Trinajstić information content (AvgIpc) is 3.00. The van der Waals surface area contributed by atoms with Gasteiger partial charge in [0.1, 0.15) is 11.6 Å². The van der Waals surface area contributed by atoms with E-state index in [4.69, 9.17) is 5.73 Å². The van der Waals surface area contributed by atoms with Gasteiger partial charge in [-0.15, -0.1) is 0 Å². The Morgan fingerprint density at radius 2 is 1.66 bits per heavy atom. The fourth-order valence-corrected chi connectivity index (χ4v) is 4.66. The van der Waals surface area contributed by atoms with Gasteiger partial charge in [-0.3, -0.25) is 9.59 Å². The molecule has 2 aromatic rings. The van der Waals surface area contributed by atoms with Gasteiger partial charge in [0.25, 0.3) is 11.8 Å². The number of carbonyl (C=O) groups is 2. The number of nitrogens with zero attached hydrogens (tertiary/aromatic N) is 1. The van der Waals surface area contributed by atoms with E-state index in [0.29, 0.717) is 31.7 Å². The van der Waals surface area contributed by atoms with Crippen LogP contribution in [0, 0.1) is 18.6 Å². The highest BCUT2D eigenvalue weighted by Gasteiger charge is 2.53. The minimum atomic E-state index is -4.14. The first kappa shape index (κ1) is 22.3. The van der Waals surface area contributed by atoms with E-state index in [0.717, 1.165) is 23.1 Å². The van der Waals surface area contributed by atoms with Crippen LogP contribution in [0.4, 0.5) is 23.2 Å². The molecule has 3 atom stereocenters. The first-order valence-corrected chi connectivity index (χ1v) is 10.4. The number of hydrogen-bond donors (Lipinski definition) is 2. The molecule has 2 fully saturated rings. The van der Waals surface area contributed by atoms with Gasteiger partial charge in [-0.05, 0) is 74.6 Å². The maximum Gasteiger partial charge on any atom is 0.352 e. The molecule has 9 heteroatoms. The Morgan fingerprint density at radius 1 is 1.03 bits per heavy atom. The van der Waals surface area contributed by atoms with Gasteiger partial charge in [-0.2, -0.15) is 8.78 Å². The number of benzene rings is 2. The Morgan fingerprint density at radius 3 is 2.28 bits per heavy atom. The summed E-state index contributed by atoms with van der Waals surface area (Å²) in [6.45, 7) is 1.51. The number of amides is 2. The second-order valence-electron chi connectivity index (χ2n) is 8.52. The SMILES string of the molecule is Cc1cc(NC(=O)c2ccc(F)c(C(F)(F)C(=O)N3[C@@H]4CC[C@H]3C[C@@H](N)C4)c2)ccc1F. The molecule has 3 N–H and O–H groups in total. The summed E-state index contributed by atoms with van der Waals surface area (Å²) in [5, 5.41) is 2.46. The van der Waals surface area contributed by atoms with Gasteiger partial charge in [0.15, 0.2) is 0 Å². The van der Waals surface area contributed by atoms with Crippen LogP contribution in [0.5, 0.6) is 0 Å². The van der Waals surface area contributed by atoms with Crippen molar-refractivity contribution >= 4 is 17.5 Å². The monoisotopic (exact) mass is 449 g/mol. The van der Waals surface area contributed by atoms with E-state index in [1.54, 1.807) is 0 Å². The molecular weight excluding hydrogens is 426 g/mol. The van der Waals surface area contributed by atoms with Crippen molar-refractivity contribution in [2.75, 3.05) is 5.32 Å². The summed E-state index contributed by atoms with van der Waals surface area (Å²) in [4.78, 5) is 26.5. The molecule has 2 heterocycles. The maximum absolute atomic E-state index is 15.2. The van der Waals surface area contributed by atoms with Crippen molar-refractivity contribution in [2.24, 2.45) is 5.73 Å². The van der Waals surface area contributed by atoms with Crippen LogP contribution in [0.15, 0.2) is 36.4 Å². The zero-order chi connectivity index (χ0) is 23.2. The Balaban J connectivity index is 1.59. The number of nitrogens with two attached hydrogens (primary N) is 1. The van der Waals surface area contributed by atoms with Gasteiger partial charge in [-0.25, -0.2) is 8.78 Å². The third kappa shape index (κ3) is 3.97. The van der Waals surface area contributed by atoms with E-state index in [1.165, 1.54) is 19.1 Å². The van der Waals surface area contributed by atoms with Crippen LogP contribution in [0.1, 0.15) is 47.2 Å². The lowest BCUT2D eigenvalue weighted by Gasteiger charge is -2.39. The van der Waals surface area contributed by atoms with E-state index in [1.807, 2.05) is 0 Å². The molecule has 2 aliphatic rings. The summed E-state index contributed by atoms with van der Waals surface area (Å²) in [5.74, 6) is -8.14. The smallest absolute Gasteiger partial charge is 0.331 e. The van der Waals surface area contributed by atoms with Crippen LogP contribution < -0.4 is 11.1 Å². The first-order chi connectivity index (χ1) is 15.1. The number of alkyl halides is 2. The third-order valence-electron chi connectivity index (χ3n) is 6.26. The van der Waals surface area contributed by atoms with Crippen molar-refractivity contribution in [2.45, 2.75) is 56.7 Å². The van der Waals surface area contributed by atoms with Crippen LogP contribution in [0.2, 0.25) is 0 Å². The number of hydrogen-bond acceptors (Lipinski definition) is 3. The van der Waals surface area contributed by atoms with Crippen LogP contribution in [-0.2, 0) is 10.7 Å². The zero-order valence-corrected chi connectivity index (χ0v) is 17.4. The molecule has 0 spiro atoms. The highest BCUT2D eigenvalue weighted by molar-refractivity contribution is 6.04. The molecule has 170 valence electrons. The highest BCUT2D eigenvalue weighted by atomic mass is 19.3. The average molecular weight is 449 g/mol. The van der Waals surface area contributed by atoms with E-state index in [-0.39, 0.29) is 22.9 Å². The number of halogens is 4. The Kier molecular flexibility index (Phi) is 5.70. The fourth-order valence-electron chi connectivity index (χ4n) is 4.66. The third-order valence-corrected chi connectivity index (χ3v) is 6.26. The molecule has 0 unspecified atom stereocenters. The summed E-state index contributed by atoms with van der Waals surface area (Å²) in [7, 11) is 0. The maximum atomic E-state index is 15.2. The number of carbonyl (C=O) groups excluding carboxylic acids is 2. The Hall–Kier alpha value is -2.94. The van der Waals surface area contributed by atoms with E-state index < -0.39 is 47.0 Å². The highest BCUT2D eigenvalue weighted by Crippen LogP contribution is 2.41. The number of piperidine rings is 1.